The first-order chi connectivity index (χ1) is 5.67. The van der Waals surface area contributed by atoms with E-state index >= 15 is 0 Å². The second-order valence-corrected chi connectivity index (χ2v) is 4.30. The molecule has 2 fully saturated rings. The molecule has 2 rings (SSSR count). The van der Waals surface area contributed by atoms with E-state index in [1.54, 1.807) is 0 Å². The van der Waals surface area contributed by atoms with Crippen LogP contribution in [0.3, 0.4) is 0 Å². The number of carbonyl (C=O) groups is 1. The van der Waals surface area contributed by atoms with Gasteiger partial charge in [0.25, 0.3) is 0 Å². The minimum absolute atomic E-state index is 0.0185. The Labute approximate surface area is 71.4 Å². The molecule has 2 aliphatic carbocycles. The van der Waals surface area contributed by atoms with Gasteiger partial charge in [-0.15, -0.1) is 0 Å². The number of aliphatic carboxylic acids is 1. The van der Waals surface area contributed by atoms with Crippen LogP contribution in [0.5, 0.6) is 0 Å². The monoisotopic (exact) mass is 170 g/mol. The molecule has 1 spiro atoms. The van der Waals surface area contributed by atoms with Crippen LogP contribution in [-0.4, -0.2) is 22.8 Å². The lowest BCUT2D eigenvalue weighted by atomic mass is 9.97. The van der Waals surface area contributed by atoms with Crippen LogP contribution in [0.25, 0.3) is 0 Å². The molecule has 0 heterocycles. The van der Waals surface area contributed by atoms with Crippen LogP contribution < -0.4 is 0 Å². The Balaban J connectivity index is 2.07. The number of carboxylic acid groups (broad SMARTS) is 1. The summed E-state index contributed by atoms with van der Waals surface area (Å²) >= 11 is 0. The second kappa shape index (κ2) is 2.46. The van der Waals surface area contributed by atoms with Crippen LogP contribution in [0.1, 0.15) is 25.7 Å². The Hall–Kier alpha value is -0.570. The Morgan fingerprint density at radius 3 is 2.42 bits per heavy atom. The highest BCUT2D eigenvalue weighted by Gasteiger charge is 2.54. The van der Waals surface area contributed by atoms with Crippen LogP contribution >= 0.6 is 0 Å². The van der Waals surface area contributed by atoms with Gasteiger partial charge in [-0.3, -0.25) is 4.79 Å². The fraction of sp³-hybridized carbons (Fsp3) is 0.889. The van der Waals surface area contributed by atoms with Crippen LogP contribution in [0.15, 0.2) is 0 Å². The number of aliphatic hydroxyl groups is 1. The van der Waals surface area contributed by atoms with Crippen LogP contribution in [0, 0.1) is 17.3 Å². The van der Waals surface area contributed by atoms with E-state index in [1.807, 2.05) is 0 Å². The van der Waals surface area contributed by atoms with Gasteiger partial charge in [-0.25, -0.2) is 0 Å². The maximum Gasteiger partial charge on any atom is 0.306 e. The summed E-state index contributed by atoms with van der Waals surface area (Å²) in [6.45, 7) is 0.0404. The molecule has 0 radical (unpaired) electrons. The number of hydrogen-bond donors (Lipinski definition) is 2. The van der Waals surface area contributed by atoms with E-state index in [9.17, 15) is 4.79 Å². The zero-order valence-corrected chi connectivity index (χ0v) is 6.99. The highest BCUT2D eigenvalue weighted by Crippen LogP contribution is 2.61. The normalized spacial score (nSPS) is 37.1. The molecule has 12 heavy (non-hydrogen) atoms. The minimum Gasteiger partial charge on any atom is -0.481 e. The zero-order chi connectivity index (χ0) is 8.77. The predicted octanol–water partition coefficient (Wildman–Crippen LogP) is 0.870. The lowest BCUT2D eigenvalue weighted by Gasteiger charge is -2.10. The van der Waals surface area contributed by atoms with Gasteiger partial charge in [0.05, 0.1) is 5.92 Å². The van der Waals surface area contributed by atoms with Crippen molar-refractivity contribution >= 4 is 5.97 Å². The maximum atomic E-state index is 10.8. The fourth-order valence-corrected chi connectivity index (χ4v) is 2.48. The van der Waals surface area contributed by atoms with Gasteiger partial charge in [0, 0.05) is 6.61 Å². The third kappa shape index (κ3) is 1.12. The van der Waals surface area contributed by atoms with Gasteiger partial charge in [0.2, 0.25) is 0 Å². The molecule has 0 amide bonds. The average Bonchev–Trinajstić information content (AvgIpc) is 2.62. The highest BCUT2D eigenvalue weighted by molar-refractivity contribution is 5.71. The van der Waals surface area contributed by atoms with Crippen molar-refractivity contribution in [2.24, 2.45) is 17.3 Å². The summed E-state index contributed by atoms with van der Waals surface area (Å²) in [7, 11) is 0. The van der Waals surface area contributed by atoms with Crippen molar-refractivity contribution in [1.29, 1.82) is 0 Å². The Kier molecular flexibility index (Phi) is 1.65. The molecule has 0 aromatic heterocycles. The molecule has 0 saturated heterocycles. The Morgan fingerprint density at radius 2 is 2.08 bits per heavy atom. The van der Waals surface area contributed by atoms with Crippen molar-refractivity contribution in [3.63, 3.8) is 0 Å². The molecular weight excluding hydrogens is 156 g/mol. The molecule has 2 saturated carbocycles. The molecule has 3 heteroatoms. The van der Waals surface area contributed by atoms with Gasteiger partial charge in [0.15, 0.2) is 0 Å². The lowest BCUT2D eigenvalue weighted by Crippen LogP contribution is -2.20. The number of hydrogen-bond acceptors (Lipinski definition) is 2. The Bertz CT molecular complexity index is 208. The number of aliphatic hydroxyl groups excluding tert-OH is 1. The first-order valence-corrected chi connectivity index (χ1v) is 4.50. The topological polar surface area (TPSA) is 57.5 Å². The van der Waals surface area contributed by atoms with Crippen LogP contribution in [-0.2, 0) is 4.79 Å². The van der Waals surface area contributed by atoms with E-state index in [2.05, 4.69) is 0 Å². The van der Waals surface area contributed by atoms with E-state index in [4.69, 9.17) is 10.2 Å². The van der Waals surface area contributed by atoms with Gasteiger partial charge in [-0.2, -0.15) is 0 Å². The molecule has 2 atom stereocenters. The second-order valence-electron chi connectivity index (χ2n) is 4.30. The summed E-state index contributed by atoms with van der Waals surface area (Å²) in [6.07, 6.45) is 4.08. The van der Waals surface area contributed by atoms with E-state index < -0.39 is 5.97 Å². The van der Waals surface area contributed by atoms with Gasteiger partial charge < -0.3 is 10.2 Å². The molecule has 2 aliphatic rings. The smallest absolute Gasteiger partial charge is 0.306 e. The van der Waals surface area contributed by atoms with Gasteiger partial charge in [-0.05, 0) is 37.0 Å². The molecular formula is C9H14O3. The fourth-order valence-electron chi connectivity index (χ4n) is 2.48. The van der Waals surface area contributed by atoms with Crippen molar-refractivity contribution in [2.75, 3.05) is 6.61 Å². The quantitative estimate of drug-likeness (QED) is 0.646. The number of carboxylic acids is 1. The highest BCUT2D eigenvalue weighted by atomic mass is 16.4. The van der Waals surface area contributed by atoms with E-state index in [0.29, 0.717) is 5.41 Å². The summed E-state index contributed by atoms with van der Waals surface area (Å²) in [6, 6.07) is 0. The Morgan fingerprint density at radius 1 is 1.42 bits per heavy atom. The van der Waals surface area contributed by atoms with E-state index in [-0.39, 0.29) is 18.4 Å². The number of rotatable bonds is 2. The van der Waals surface area contributed by atoms with Gasteiger partial charge >= 0.3 is 5.97 Å². The lowest BCUT2D eigenvalue weighted by molar-refractivity contribution is -0.143. The molecule has 2 unspecified atom stereocenters. The molecule has 0 aromatic carbocycles. The third-order valence-corrected chi connectivity index (χ3v) is 3.43. The summed E-state index contributed by atoms with van der Waals surface area (Å²) < 4.78 is 0. The first-order valence-electron chi connectivity index (χ1n) is 4.50. The molecule has 0 bridgehead atoms. The zero-order valence-electron chi connectivity index (χ0n) is 6.99. The summed E-state index contributed by atoms with van der Waals surface area (Å²) in [5.41, 5.74) is 0.330. The summed E-state index contributed by atoms with van der Waals surface area (Å²) in [4.78, 5) is 10.8. The molecule has 0 aliphatic heterocycles. The minimum atomic E-state index is -0.724. The molecule has 0 aromatic rings. The van der Waals surface area contributed by atoms with Crippen molar-refractivity contribution < 1.29 is 15.0 Å². The van der Waals surface area contributed by atoms with Gasteiger partial charge in [0.1, 0.15) is 0 Å². The van der Waals surface area contributed by atoms with Crippen LogP contribution in [0.4, 0.5) is 0 Å². The molecule has 68 valence electrons. The SMILES string of the molecule is O=C(O)C1CC2(CC2)CC1CO. The van der Waals surface area contributed by atoms with Crippen molar-refractivity contribution in [2.45, 2.75) is 25.7 Å². The molecule has 2 N–H and O–H groups in total. The van der Waals surface area contributed by atoms with E-state index in [0.717, 1.165) is 12.8 Å². The largest absolute Gasteiger partial charge is 0.481 e. The predicted molar refractivity (Wildman–Crippen MR) is 42.6 cm³/mol. The van der Waals surface area contributed by atoms with Crippen molar-refractivity contribution in [3.05, 3.63) is 0 Å². The maximum absolute atomic E-state index is 10.8. The van der Waals surface area contributed by atoms with Crippen molar-refractivity contribution in [3.8, 4) is 0 Å². The van der Waals surface area contributed by atoms with Gasteiger partial charge in [-0.1, -0.05) is 0 Å². The summed E-state index contributed by atoms with van der Waals surface area (Å²) in [5, 5.41) is 17.8. The third-order valence-electron chi connectivity index (χ3n) is 3.43. The summed E-state index contributed by atoms with van der Waals surface area (Å²) in [5.74, 6) is -0.986. The van der Waals surface area contributed by atoms with Crippen molar-refractivity contribution in [1.82, 2.24) is 0 Å². The van der Waals surface area contributed by atoms with E-state index in [1.165, 1.54) is 12.8 Å². The standard InChI is InChI=1S/C9H14O3/c10-5-6-3-9(1-2-9)4-7(6)8(11)12/h6-7,10H,1-5H2,(H,11,12). The first kappa shape index (κ1) is 8.05. The molecule has 3 nitrogen and oxygen atoms in total. The average molecular weight is 170 g/mol. The van der Waals surface area contributed by atoms with Crippen LogP contribution in [0.2, 0.25) is 0 Å².